The van der Waals surface area contributed by atoms with E-state index in [1.807, 2.05) is 26.8 Å². The van der Waals surface area contributed by atoms with Crippen LogP contribution in [0, 0.1) is 21.4 Å². The molecule has 0 aliphatic carbocycles. The summed E-state index contributed by atoms with van der Waals surface area (Å²) in [5.74, 6) is -0.233. The lowest BCUT2D eigenvalue weighted by molar-refractivity contribution is -0.384. The topological polar surface area (TPSA) is 99.3 Å². The molecular weight excluding hydrogens is 272 g/mol. The molecule has 0 aromatic heterocycles. The Morgan fingerprint density at radius 2 is 2.10 bits per heavy atom. The molecule has 1 N–H and O–H groups in total. The van der Waals surface area contributed by atoms with E-state index < -0.39 is 4.92 Å². The van der Waals surface area contributed by atoms with Gasteiger partial charge in [0.15, 0.2) is 0 Å². The van der Waals surface area contributed by atoms with Crippen LogP contribution in [0.5, 0.6) is 0 Å². The van der Waals surface area contributed by atoms with E-state index in [2.05, 4.69) is 5.32 Å². The molecule has 0 radical (unpaired) electrons. The van der Waals surface area contributed by atoms with E-state index in [4.69, 9.17) is 5.26 Å². The monoisotopic (exact) mass is 290 g/mol. The van der Waals surface area contributed by atoms with Gasteiger partial charge in [-0.15, -0.1) is 0 Å². The van der Waals surface area contributed by atoms with E-state index >= 15 is 0 Å². The van der Waals surface area contributed by atoms with Crippen molar-refractivity contribution in [2.45, 2.75) is 26.3 Å². The van der Waals surface area contributed by atoms with Crippen LogP contribution < -0.4 is 10.2 Å². The number of likely N-dealkylation sites (N-methyl/N-ethyl adjacent to an activating group) is 1. The van der Waals surface area contributed by atoms with Gasteiger partial charge < -0.3 is 10.2 Å². The molecule has 0 unspecified atom stereocenters. The van der Waals surface area contributed by atoms with Crippen molar-refractivity contribution >= 4 is 17.3 Å². The molecule has 21 heavy (non-hydrogen) atoms. The Kier molecular flexibility index (Phi) is 4.87. The van der Waals surface area contributed by atoms with Crippen LogP contribution in [0.15, 0.2) is 18.2 Å². The maximum atomic E-state index is 11.9. The van der Waals surface area contributed by atoms with Gasteiger partial charge >= 0.3 is 0 Å². The Balaban J connectivity index is 2.97. The van der Waals surface area contributed by atoms with Crippen LogP contribution in [0.1, 0.15) is 26.3 Å². The first-order valence-electron chi connectivity index (χ1n) is 6.35. The Hall–Kier alpha value is -2.62. The van der Waals surface area contributed by atoms with Crippen LogP contribution in [0.2, 0.25) is 0 Å². The van der Waals surface area contributed by atoms with Gasteiger partial charge in [0.25, 0.3) is 5.69 Å². The Bertz CT molecular complexity index is 599. The highest BCUT2D eigenvalue weighted by atomic mass is 16.6. The molecule has 112 valence electrons. The highest BCUT2D eigenvalue weighted by molar-refractivity contribution is 5.83. The number of hydrogen-bond acceptors (Lipinski definition) is 5. The van der Waals surface area contributed by atoms with Gasteiger partial charge in [-0.05, 0) is 32.9 Å². The van der Waals surface area contributed by atoms with Crippen molar-refractivity contribution in [2.24, 2.45) is 0 Å². The fourth-order valence-electron chi connectivity index (χ4n) is 1.82. The molecule has 7 heteroatoms. The third-order valence-corrected chi connectivity index (χ3v) is 2.61. The van der Waals surface area contributed by atoms with Gasteiger partial charge in [0.1, 0.15) is 5.69 Å². The van der Waals surface area contributed by atoms with Crippen LogP contribution in [-0.4, -0.2) is 30.0 Å². The standard InChI is InChI=1S/C14H18N4O3/c1-14(2,3)16-13(19)9-17(4)11-6-5-10(8-15)7-12(11)18(20)21/h5-7H,9H2,1-4H3,(H,16,19). The minimum absolute atomic E-state index is 0.00991. The van der Waals surface area contributed by atoms with Crippen LogP contribution in [0.25, 0.3) is 0 Å². The summed E-state index contributed by atoms with van der Waals surface area (Å²) < 4.78 is 0. The molecule has 0 aliphatic heterocycles. The summed E-state index contributed by atoms with van der Waals surface area (Å²) in [6.07, 6.45) is 0. The van der Waals surface area contributed by atoms with E-state index in [1.54, 1.807) is 7.05 Å². The largest absolute Gasteiger partial charge is 0.360 e. The van der Waals surface area contributed by atoms with Gasteiger partial charge in [0.2, 0.25) is 5.91 Å². The van der Waals surface area contributed by atoms with Crippen molar-refractivity contribution in [3.8, 4) is 6.07 Å². The molecule has 0 heterocycles. The van der Waals surface area contributed by atoms with Gasteiger partial charge in [-0.1, -0.05) is 0 Å². The second kappa shape index (κ2) is 6.22. The normalized spacial score (nSPS) is 10.6. The fraction of sp³-hybridized carbons (Fsp3) is 0.429. The summed E-state index contributed by atoms with van der Waals surface area (Å²) in [7, 11) is 1.59. The summed E-state index contributed by atoms with van der Waals surface area (Å²) in [5, 5.41) is 22.7. The van der Waals surface area contributed by atoms with Crippen LogP contribution in [0.4, 0.5) is 11.4 Å². The number of benzene rings is 1. The number of nitrogens with zero attached hydrogens (tertiary/aromatic N) is 3. The molecule has 1 rings (SSSR count). The van der Waals surface area contributed by atoms with Crippen molar-refractivity contribution in [1.29, 1.82) is 5.26 Å². The van der Waals surface area contributed by atoms with E-state index in [9.17, 15) is 14.9 Å². The SMILES string of the molecule is CN(CC(=O)NC(C)(C)C)c1ccc(C#N)cc1[N+](=O)[O-]. The Morgan fingerprint density at radius 3 is 2.57 bits per heavy atom. The third kappa shape index (κ3) is 4.76. The number of nitro groups is 1. The van der Waals surface area contributed by atoms with Gasteiger partial charge in [-0.25, -0.2) is 0 Å². The molecule has 1 aromatic carbocycles. The maximum absolute atomic E-state index is 11.9. The van der Waals surface area contributed by atoms with Crippen LogP contribution in [0.3, 0.4) is 0 Å². The first kappa shape index (κ1) is 16.4. The van der Waals surface area contributed by atoms with Gasteiger partial charge in [-0.2, -0.15) is 5.26 Å². The molecule has 0 bridgehead atoms. The Morgan fingerprint density at radius 1 is 1.48 bits per heavy atom. The molecule has 1 aromatic rings. The number of rotatable bonds is 4. The lowest BCUT2D eigenvalue weighted by atomic mass is 10.1. The van der Waals surface area contributed by atoms with Gasteiger partial charge in [0.05, 0.1) is 23.1 Å². The predicted octanol–water partition coefficient (Wildman–Crippen LogP) is 1.82. The average Bonchev–Trinajstić information content (AvgIpc) is 2.35. The minimum atomic E-state index is -0.561. The summed E-state index contributed by atoms with van der Waals surface area (Å²) in [5.41, 5.74) is -0.0599. The predicted molar refractivity (Wildman–Crippen MR) is 79.0 cm³/mol. The van der Waals surface area contributed by atoms with Crippen molar-refractivity contribution in [2.75, 3.05) is 18.5 Å². The number of nitriles is 1. The summed E-state index contributed by atoms with van der Waals surface area (Å²) in [4.78, 5) is 23.9. The number of nitro benzene ring substituents is 1. The number of hydrogen-bond donors (Lipinski definition) is 1. The second-order valence-electron chi connectivity index (χ2n) is 5.73. The van der Waals surface area contributed by atoms with Crippen molar-refractivity contribution in [3.63, 3.8) is 0 Å². The number of nitrogens with one attached hydrogen (secondary N) is 1. The molecule has 0 spiro atoms. The number of anilines is 1. The molecule has 0 atom stereocenters. The molecule has 1 amide bonds. The third-order valence-electron chi connectivity index (χ3n) is 2.61. The van der Waals surface area contributed by atoms with Crippen LogP contribution >= 0.6 is 0 Å². The molecule has 7 nitrogen and oxygen atoms in total. The quantitative estimate of drug-likeness (QED) is 0.673. The smallest absolute Gasteiger partial charge is 0.293 e. The van der Waals surface area contributed by atoms with Crippen molar-refractivity contribution in [3.05, 3.63) is 33.9 Å². The summed E-state index contributed by atoms with van der Waals surface area (Å²) in [6.45, 7) is 5.56. The first-order valence-corrected chi connectivity index (χ1v) is 6.35. The minimum Gasteiger partial charge on any atom is -0.360 e. The highest BCUT2D eigenvalue weighted by Crippen LogP contribution is 2.28. The van der Waals surface area contributed by atoms with E-state index in [-0.39, 0.29) is 29.2 Å². The van der Waals surface area contributed by atoms with Crippen molar-refractivity contribution in [1.82, 2.24) is 5.32 Å². The zero-order valence-corrected chi connectivity index (χ0v) is 12.5. The molecule has 0 aliphatic rings. The highest BCUT2D eigenvalue weighted by Gasteiger charge is 2.21. The van der Waals surface area contributed by atoms with Crippen molar-refractivity contribution < 1.29 is 9.72 Å². The first-order chi connectivity index (χ1) is 9.64. The number of amides is 1. The molecule has 0 saturated heterocycles. The zero-order valence-electron chi connectivity index (χ0n) is 12.5. The maximum Gasteiger partial charge on any atom is 0.293 e. The second-order valence-corrected chi connectivity index (χ2v) is 5.73. The number of carbonyl (C=O) groups excluding carboxylic acids is 1. The molecule has 0 fully saturated rings. The Labute approximate surface area is 123 Å². The summed E-state index contributed by atoms with van der Waals surface area (Å²) >= 11 is 0. The molecular formula is C14H18N4O3. The van der Waals surface area contributed by atoms with E-state index in [0.717, 1.165) is 0 Å². The van der Waals surface area contributed by atoms with E-state index in [0.29, 0.717) is 5.69 Å². The average molecular weight is 290 g/mol. The van der Waals surface area contributed by atoms with Crippen LogP contribution in [-0.2, 0) is 4.79 Å². The van der Waals surface area contributed by atoms with Gasteiger partial charge in [0, 0.05) is 18.7 Å². The van der Waals surface area contributed by atoms with E-state index in [1.165, 1.54) is 23.1 Å². The fourth-order valence-corrected chi connectivity index (χ4v) is 1.82. The zero-order chi connectivity index (χ0) is 16.2. The van der Waals surface area contributed by atoms with Gasteiger partial charge in [-0.3, -0.25) is 14.9 Å². The summed E-state index contributed by atoms with van der Waals surface area (Å²) in [6, 6.07) is 6.02. The molecule has 0 saturated carbocycles. The lowest BCUT2D eigenvalue weighted by Crippen LogP contribution is -2.45. The number of carbonyl (C=O) groups is 1. The lowest BCUT2D eigenvalue weighted by Gasteiger charge is -2.24.